The SMILES string of the molecule is CCCNC(=O)C1COCCN(S(=O)(=O)c2ccc3c(c2)NC(=O)CO3)C1. The van der Waals surface area contributed by atoms with Gasteiger partial charge in [-0.05, 0) is 24.6 Å². The Morgan fingerprint density at radius 1 is 1.41 bits per heavy atom. The number of anilines is 1. The van der Waals surface area contributed by atoms with Gasteiger partial charge >= 0.3 is 0 Å². The minimum atomic E-state index is -3.86. The van der Waals surface area contributed by atoms with E-state index >= 15 is 0 Å². The molecule has 1 aromatic carbocycles. The fourth-order valence-electron chi connectivity index (χ4n) is 2.92. The first-order valence-electron chi connectivity index (χ1n) is 8.84. The minimum Gasteiger partial charge on any atom is -0.482 e. The Bertz CT molecular complexity index is 826. The molecule has 0 bridgehead atoms. The number of ether oxygens (including phenoxy) is 2. The van der Waals surface area contributed by atoms with Gasteiger partial charge in [-0.15, -0.1) is 0 Å². The lowest BCUT2D eigenvalue weighted by Crippen LogP contribution is -2.42. The van der Waals surface area contributed by atoms with Gasteiger partial charge < -0.3 is 20.1 Å². The Balaban J connectivity index is 1.81. The molecule has 2 aliphatic heterocycles. The Hall–Kier alpha value is -2.17. The molecule has 0 radical (unpaired) electrons. The van der Waals surface area contributed by atoms with Crippen LogP contribution in [0.3, 0.4) is 0 Å². The normalized spacial score (nSPS) is 20.8. The summed E-state index contributed by atoms with van der Waals surface area (Å²) < 4.78 is 38.1. The lowest BCUT2D eigenvalue weighted by Gasteiger charge is -2.24. The maximum absolute atomic E-state index is 13.1. The third-order valence-corrected chi connectivity index (χ3v) is 6.23. The fraction of sp³-hybridized carbons (Fsp3) is 0.529. The van der Waals surface area contributed by atoms with Crippen LogP contribution in [0.2, 0.25) is 0 Å². The van der Waals surface area contributed by atoms with Gasteiger partial charge in [0.15, 0.2) is 6.61 Å². The van der Waals surface area contributed by atoms with Gasteiger partial charge in [0.2, 0.25) is 15.9 Å². The molecule has 2 amide bonds. The van der Waals surface area contributed by atoms with Crippen LogP contribution in [0.1, 0.15) is 13.3 Å². The third-order valence-electron chi connectivity index (χ3n) is 4.37. The molecule has 0 aromatic heterocycles. The van der Waals surface area contributed by atoms with Crippen molar-refractivity contribution in [2.45, 2.75) is 18.2 Å². The van der Waals surface area contributed by atoms with E-state index in [-0.39, 0.29) is 49.6 Å². The van der Waals surface area contributed by atoms with Crippen molar-refractivity contribution in [3.8, 4) is 5.75 Å². The van der Waals surface area contributed by atoms with E-state index in [1.165, 1.54) is 22.5 Å². The zero-order valence-corrected chi connectivity index (χ0v) is 15.9. The smallest absolute Gasteiger partial charge is 0.262 e. The summed E-state index contributed by atoms with van der Waals surface area (Å²) in [6.45, 7) is 2.96. The summed E-state index contributed by atoms with van der Waals surface area (Å²) in [4.78, 5) is 23.8. The van der Waals surface area contributed by atoms with E-state index in [9.17, 15) is 18.0 Å². The monoisotopic (exact) mass is 397 g/mol. The number of sulfonamides is 1. The topological polar surface area (TPSA) is 114 Å². The number of amides is 2. The molecule has 2 N–H and O–H groups in total. The lowest BCUT2D eigenvalue weighted by atomic mass is 10.1. The lowest BCUT2D eigenvalue weighted by molar-refractivity contribution is -0.126. The Labute approximate surface area is 158 Å². The highest BCUT2D eigenvalue weighted by Gasteiger charge is 2.33. The van der Waals surface area contributed by atoms with Gasteiger partial charge in [0.05, 0.1) is 29.7 Å². The van der Waals surface area contributed by atoms with Gasteiger partial charge in [0, 0.05) is 19.6 Å². The molecular formula is C17H23N3O6S. The number of hydrogen-bond acceptors (Lipinski definition) is 6. The second-order valence-corrected chi connectivity index (χ2v) is 8.36. The van der Waals surface area contributed by atoms with Crippen molar-refractivity contribution >= 4 is 27.5 Å². The van der Waals surface area contributed by atoms with Crippen molar-refractivity contribution in [3.05, 3.63) is 18.2 Å². The summed E-state index contributed by atoms with van der Waals surface area (Å²) in [5.74, 6) is -0.711. The van der Waals surface area contributed by atoms with Gasteiger partial charge in [0.25, 0.3) is 5.91 Å². The summed E-state index contributed by atoms with van der Waals surface area (Å²) in [6, 6.07) is 4.32. The van der Waals surface area contributed by atoms with Crippen LogP contribution in [0, 0.1) is 5.92 Å². The molecule has 148 valence electrons. The summed E-state index contributed by atoms with van der Waals surface area (Å²) >= 11 is 0. The Morgan fingerprint density at radius 3 is 3.00 bits per heavy atom. The van der Waals surface area contributed by atoms with Crippen molar-refractivity contribution in [2.75, 3.05) is 44.8 Å². The van der Waals surface area contributed by atoms with E-state index in [1.807, 2.05) is 6.92 Å². The number of nitrogens with one attached hydrogen (secondary N) is 2. The first kappa shape index (κ1) is 19.6. The third kappa shape index (κ3) is 4.40. The van der Waals surface area contributed by atoms with Gasteiger partial charge in [-0.1, -0.05) is 6.92 Å². The van der Waals surface area contributed by atoms with Crippen LogP contribution in [0.25, 0.3) is 0 Å². The number of hydrogen-bond donors (Lipinski definition) is 2. The molecule has 9 nitrogen and oxygen atoms in total. The molecule has 0 spiro atoms. The van der Waals surface area contributed by atoms with Crippen molar-refractivity contribution < 1.29 is 27.5 Å². The predicted octanol–water partition coefficient (Wildman–Crippen LogP) is 0.181. The average molecular weight is 397 g/mol. The average Bonchev–Trinajstić information content (AvgIpc) is 2.92. The molecule has 1 fully saturated rings. The highest BCUT2D eigenvalue weighted by Crippen LogP contribution is 2.31. The van der Waals surface area contributed by atoms with Gasteiger partial charge in [-0.2, -0.15) is 4.31 Å². The fourth-order valence-corrected chi connectivity index (χ4v) is 4.42. The standard InChI is InChI=1S/C17H23N3O6S/c1-2-5-18-17(22)12-9-20(6-7-25-10-12)27(23,24)13-3-4-15-14(8-13)19-16(21)11-26-15/h3-4,8,12H,2,5-7,9-11H2,1H3,(H,18,22)(H,19,21). The number of carbonyl (C=O) groups excluding carboxylic acids is 2. The van der Waals surface area contributed by atoms with E-state index in [4.69, 9.17) is 9.47 Å². The molecule has 0 saturated carbocycles. The van der Waals surface area contributed by atoms with Gasteiger partial charge in [0.1, 0.15) is 5.75 Å². The van der Waals surface area contributed by atoms with Gasteiger partial charge in [-0.25, -0.2) is 8.42 Å². The highest BCUT2D eigenvalue weighted by molar-refractivity contribution is 7.89. The number of nitrogens with zero attached hydrogens (tertiary/aromatic N) is 1. The maximum Gasteiger partial charge on any atom is 0.262 e. The van der Waals surface area contributed by atoms with Gasteiger partial charge in [-0.3, -0.25) is 9.59 Å². The molecule has 27 heavy (non-hydrogen) atoms. The number of carbonyl (C=O) groups is 2. The molecule has 0 aliphatic carbocycles. The molecule has 1 unspecified atom stereocenters. The van der Waals surface area contributed by atoms with Crippen molar-refractivity contribution in [1.29, 1.82) is 0 Å². The zero-order chi connectivity index (χ0) is 19.4. The molecule has 2 aliphatic rings. The van der Waals surface area contributed by atoms with Crippen LogP contribution in [0.5, 0.6) is 5.75 Å². The second-order valence-electron chi connectivity index (χ2n) is 6.42. The van der Waals surface area contributed by atoms with Crippen molar-refractivity contribution in [2.24, 2.45) is 5.92 Å². The summed E-state index contributed by atoms with van der Waals surface area (Å²) in [5, 5.41) is 5.39. The Morgan fingerprint density at radius 2 is 2.22 bits per heavy atom. The molecule has 1 aromatic rings. The quantitative estimate of drug-likeness (QED) is 0.733. The van der Waals surface area contributed by atoms with Crippen LogP contribution in [0.4, 0.5) is 5.69 Å². The molecular weight excluding hydrogens is 374 g/mol. The summed E-state index contributed by atoms with van der Waals surface area (Å²) in [7, 11) is -3.86. The maximum atomic E-state index is 13.1. The largest absolute Gasteiger partial charge is 0.482 e. The predicted molar refractivity (Wildman–Crippen MR) is 96.9 cm³/mol. The summed E-state index contributed by atoms with van der Waals surface area (Å²) in [6.07, 6.45) is 0.796. The van der Waals surface area contributed by atoms with Crippen LogP contribution < -0.4 is 15.4 Å². The van der Waals surface area contributed by atoms with Crippen LogP contribution >= 0.6 is 0 Å². The van der Waals surface area contributed by atoms with E-state index in [2.05, 4.69) is 10.6 Å². The summed E-state index contributed by atoms with van der Waals surface area (Å²) in [5.41, 5.74) is 0.315. The Kier molecular flexibility index (Phi) is 5.98. The minimum absolute atomic E-state index is 0.0293. The molecule has 2 heterocycles. The van der Waals surface area contributed by atoms with Crippen LogP contribution in [0.15, 0.2) is 23.1 Å². The van der Waals surface area contributed by atoms with Crippen molar-refractivity contribution in [3.63, 3.8) is 0 Å². The van der Waals surface area contributed by atoms with E-state index in [0.29, 0.717) is 18.0 Å². The first-order valence-corrected chi connectivity index (χ1v) is 10.3. The van der Waals surface area contributed by atoms with Crippen molar-refractivity contribution in [1.82, 2.24) is 9.62 Å². The highest BCUT2D eigenvalue weighted by atomic mass is 32.2. The van der Waals surface area contributed by atoms with Crippen LogP contribution in [-0.4, -0.2) is 64.0 Å². The first-order chi connectivity index (χ1) is 12.9. The van der Waals surface area contributed by atoms with E-state index in [1.54, 1.807) is 0 Å². The molecule has 3 rings (SSSR count). The second kappa shape index (κ2) is 8.24. The molecule has 1 atom stereocenters. The zero-order valence-electron chi connectivity index (χ0n) is 15.1. The molecule has 1 saturated heterocycles. The van der Waals surface area contributed by atoms with E-state index in [0.717, 1.165) is 6.42 Å². The van der Waals surface area contributed by atoms with Crippen LogP contribution in [-0.2, 0) is 24.3 Å². The number of rotatable bonds is 5. The van der Waals surface area contributed by atoms with E-state index < -0.39 is 15.9 Å². The molecule has 10 heteroatoms. The number of fused-ring (bicyclic) bond motifs is 1. The number of benzene rings is 1.